The molecule has 7 heteroatoms. The van der Waals surface area contributed by atoms with Crippen molar-refractivity contribution >= 4 is 5.91 Å². The first-order valence-electron chi connectivity index (χ1n) is 6.10. The number of ether oxygens (including phenoxy) is 1. The first-order chi connectivity index (χ1) is 8.44. The monoisotopic (exact) mass is 268 g/mol. The molecule has 0 aromatic carbocycles. The minimum atomic E-state index is -4.31. The number of likely N-dealkylation sites (tertiary alicyclic amines) is 1. The second kappa shape index (κ2) is 6.94. The van der Waals surface area contributed by atoms with Crippen molar-refractivity contribution in [3.05, 3.63) is 0 Å². The van der Waals surface area contributed by atoms with E-state index in [9.17, 15) is 18.0 Å². The molecule has 1 rings (SSSR count). The van der Waals surface area contributed by atoms with Crippen LogP contribution in [0.5, 0.6) is 0 Å². The number of nitrogens with zero attached hydrogens (tertiary/aromatic N) is 1. The van der Waals surface area contributed by atoms with E-state index in [4.69, 9.17) is 0 Å². The molecular weight excluding hydrogens is 249 g/mol. The molecule has 1 heterocycles. The lowest BCUT2D eigenvalue weighted by atomic mass is 10.2. The third kappa shape index (κ3) is 5.22. The van der Waals surface area contributed by atoms with Gasteiger partial charge in [-0.15, -0.1) is 0 Å². The van der Waals surface area contributed by atoms with Gasteiger partial charge in [0.2, 0.25) is 5.91 Å². The minimum Gasteiger partial charge on any atom is -0.370 e. The van der Waals surface area contributed by atoms with Crippen molar-refractivity contribution in [3.63, 3.8) is 0 Å². The summed E-state index contributed by atoms with van der Waals surface area (Å²) in [7, 11) is 0. The lowest BCUT2D eigenvalue weighted by Gasteiger charge is -2.17. The van der Waals surface area contributed by atoms with E-state index in [0.29, 0.717) is 13.0 Å². The normalized spacial score (nSPS) is 20.8. The van der Waals surface area contributed by atoms with Gasteiger partial charge >= 0.3 is 6.18 Å². The summed E-state index contributed by atoms with van der Waals surface area (Å²) in [6, 6.07) is -0.187. The van der Waals surface area contributed by atoms with Gasteiger partial charge in [-0.1, -0.05) is 6.92 Å². The molecule has 106 valence electrons. The Labute approximate surface area is 104 Å². The number of amides is 1. The smallest absolute Gasteiger partial charge is 0.370 e. The van der Waals surface area contributed by atoms with E-state index in [1.165, 1.54) is 0 Å². The van der Waals surface area contributed by atoms with Crippen LogP contribution in [0.1, 0.15) is 19.8 Å². The van der Waals surface area contributed by atoms with Crippen molar-refractivity contribution in [2.24, 2.45) is 0 Å². The zero-order chi connectivity index (χ0) is 13.6. The van der Waals surface area contributed by atoms with E-state index in [1.54, 1.807) is 4.90 Å². The van der Waals surface area contributed by atoms with Crippen molar-refractivity contribution in [1.29, 1.82) is 0 Å². The van der Waals surface area contributed by atoms with Gasteiger partial charge in [0.1, 0.15) is 6.61 Å². The second-order valence-electron chi connectivity index (χ2n) is 4.29. The van der Waals surface area contributed by atoms with Crippen LogP contribution in [-0.4, -0.2) is 55.9 Å². The molecule has 0 aromatic heterocycles. The molecule has 1 unspecified atom stereocenters. The maximum Gasteiger partial charge on any atom is 0.411 e. The molecule has 0 spiro atoms. The Morgan fingerprint density at radius 2 is 2.22 bits per heavy atom. The van der Waals surface area contributed by atoms with E-state index >= 15 is 0 Å². The maximum absolute atomic E-state index is 11.8. The highest BCUT2D eigenvalue weighted by atomic mass is 19.4. The summed E-state index contributed by atoms with van der Waals surface area (Å²) in [5.74, 6) is -0.0425. The third-order valence-electron chi connectivity index (χ3n) is 2.71. The lowest BCUT2D eigenvalue weighted by Crippen LogP contribution is -2.39. The number of hydrogen-bond acceptors (Lipinski definition) is 3. The van der Waals surface area contributed by atoms with Crippen LogP contribution in [0.2, 0.25) is 0 Å². The molecule has 0 bridgehead atoms. The highest BCUT2D eigenvalue weighted by Gasteiger charge is 2.31. The molecule has 4 nitrogen and oxygen atoms in total. The SMILES string of the molecule is CCCNC1CCN(CCOCC(F)(F)F)C1=O. The summed E-state index contributed by atoms with van der Waals surface area (Å²) in [4.78, 5) is 13.3. The standard InChI is InChI=1S/C11H19F3N2O2/c1-2-4-15-9-3-5-16(10(9)17)6-7-18-8-11(12,13)14/h9,15H,2-8H2,1H3. The first kappa shape index (κ1) is 15.2. The van der Waals surface area contributed by atoms with Crippen LogP contribution in [0.3, 0.4) is 0 Å². The van der Waals surface area contributed by atoms with Gasteiger partial charge in [-0.25, -0.2) is 0 Å². The van der Waals surface area contributed by atoms with Gasteiger partial charge in [-0.2, -0.15) is 13.2 Å². The number of carbonyl (C=O) groups is 1. The van der Waals surface area contributed by atoms with E-state index in [-0.39, 0.29) is 25.1 Å². The fourth-order valence-corrected chi connectivity index (χ4v) is 1.83. The molecule has 0 radical (unpaired) electrons. The molecule has 1 amide bonds. The Bertz CT molecular complexity index is 272. The molecule has 1 saturated heterocycles. The summed E-state index contributed by atoms with van der Waals surface area (Å²) in [5, 5.41) is 3.11. The summed E-state index contributed by atoms with van der Waals surface area (Å²) in [5.41, 5.74) is 0. The lowest BCUT2D eigenvalue weighted by molar-refractivity contribution is -0.174. The van der Waals surface area contributed by atoms with Gasteiger partial charge in [0.25, 0.3) is 0 Å². The number of nitrogens with one attached hydrogen (secondary N) is 1. The van der Waals surface area contributed by atoms with Crippen LogP contribution in [0.4, 0.5) is 13.2 Å². The predicted octanol–water partition coefficient (Wildman–Crippen LogP) is 1.17. The van der Waals surface area contributed by atoms with E-state index in [1.807, 2.05) is 6.92 Å². The molecular formula is C11H19F3N2O2. The molecule has 1 fully saturated rings. The van der Waals surface area contributed by atoms with Gasteiger partial charge < -0.3 is 15.0 Å². The number of alkyl halides is 3. The van der Waals surface area contributed by atoms with Crippen LogP contribution < -0.4 is 5.32 Å². The minimum absolute atomic E-state index is 0.0425. The van der Waals surface area contributed by atoms with Crippen molar-refractivity contribution in [3.8, 4) is 0 Å². The van der Waals surface area contributed by atoms with Crippen LogP contribution in [0.15, 0.2) is 0 Å². The summed E-state index contributed by atoms with van der Waals surface area (Å²) < 4.78 is 39.9. The number of hydrogen-bond donors (Lipinski definition) is 1. The largest absolute Gasteiger partial charge is 0.411 e. The Hall–Kier alpha value is -0.820. The zero-order valence-electron chi connectivity index (χ0n) is 10.4. The van der Waals surface area contributed by atoms with Gasteiger partial charge in [0.15, 0.2) is 0 Å². The predicted molar refractivity (Wildman–Crippen MR) is 60.2 cm³/mol. The Balaban J connectivity index is 2.18. The molecule has 1 N–H and O–H groups in total. The highest BCUT2D eigenvalue weighted by molar-refractivity contribution is 5.83. The topological polar surface area (TPSA) is 41.6 Å². The molecule has 1 aliphatic rings. The number of carbonyl (C=O) groups excluding carboxylic acids is 1. The molecule has 1 atom stereocenters. The van der Waals surface area contributed by atoms with E-state index in [0.717, 1.165) is 13.0 Å². The summed E-state index contributed by atoms with van der Waals surface area (Å²) >= 11 is 0. The fourth-order valence-electron chi connectivity index (χ4n) is 1.83. The Kier molecular flexibility index (Phi) is 5.87. The average molecular weight is 268 g/mol. The summed E-state index contributed by atoms with van der Waals surface area (Å²) in [6.45, 7) is 2.25. The van der Waals surface area contributed by atoms with Crippen LogP contribution >= 0.6 is 0 Å². The quantitative estimate of drug-likeness (QED) is 0.705. The van der Waals surface area contributed by atoms with Crippen LogP contribution in [0.25, 0.3) is 0 Å². The van der Waals surface area contributed by atoms with Crippen molar-refractivity contribution in [1.82, 2.24) is 10.2 Å². The van der Waals surface area contributed by atoms with Gasteiger partial charge in [0.05, 0.1) is 12.6 Å². The molecule has 0 saturated carbocycles. The summed E-state index contributed by atoms with van der Waals surface area (Å²) in [6.07, 6.45) is -2.66. The molecule has 18 heavy (non-hydrogen) atoms. The number of halogens is 3. The van der Waals surface area contributed by atoms with E-state index < -0.39 is 12.8 Å². The van der Waals surface area contributed by atoms with E-state index in [2.05, 4.69) is 10.1 Å². The Morgan fingerprint density at radius 1 is 1.50 bits per heavy atom. The third-order valence-corrected chi connectivity index (χ3v) is 2.71. The number of rotatable bonds is 7. The van der Waals surface area contributed by atoms with Gasteiger partial charge in [-0.3, -0.25) is 4.79 Å². The van der Waals surface area contributed by atoms with Gasteiger partial charge in [-0.05, 0) is 19.4 Å². The average Bonchev–Trinajstić information content (AvgIpc) is 2.62. The first-order valence-corrected chi connectivity index (χ1v) is 6.10. The van der Waals surface area contributed by atoms with Crippen molar-refractivity contribution in [2.75, 3.05) is 32.8 Å². The van der Waals surface area contributed by atoms with Gasteiger partial charge in [0, 0.05) is 13.1 Å². The highest BCUT2D eigenvalue weighted by Crippen LogP contribution is 2.15. The molecule has 0 aliphatic carbocycles. The van der Waals surface area contributed by atoms with Crippen molar-refractivity contribution < 1.29 is 22.7 Å². The fraction of sp³-hybridized carbons (Fsp3) is 0.909. The van der Waals surface area contributed by atoms with Crippen LogP contribution in [0, 0.1) is 0 Å². The zero-order valence-corrected chi connectivity index (χ0v) is 10.4. The molecule has 0 aromatic rings. The second-order valence-corrected chi connectivity index (χ2v) is 4.29. The Morgan fingerprint density at radius 3 is 2.83 bits per heavy atom. The van der Waals surface area contributed by atoms with Crippen molar-refractivity contribution in [2.45, 2.75) is 32.0 Å². The molecule has 1 aliphatic heterocycles. The maximum atomic E-state index is 11.8. The van der Waals surface area contributed by atoms with Crippen LogP contribution in [-0.2, 0) is 9.53 Å².